The molecule has 1 heterocycles. The Morgan fingerprint density at radius 3 is 2.86 bits per heavy atom. The maximum absolute atomic E-state index is 13.7. The number of aromatic hydroxyl groups is 1. The first-order valence-electron chi connectivity index (χ1n) is 6.28. The molecule has 1 aromatic heterocycles. The number of aryl methyl sites for hydroxylation is 1. The molecule has 110 valence electrons. The molecule has 0 aliphatic carbocycles. The van der Waals surface area contributed by atoms with Crippen LogP contribution in [0.15, 0.2) is 30.3 Å². The maximum Gasteiger partial charge on any atom is 0.337 e. The predicted octanol–water partition coefficient (Wildman–Crippen LogP) is 2.63. The first kappa shape index (κ1) is 14.8. The molecular weight excluding hydrogens is 275 g/mol. The van der Waals surface area contributed by atoms with Gasteiger partial charge < -0.3 is 15.2 Å². The predicted molar refractivity (Wildman–Crippen MR) is 75.7 cm³/mol. The Bertz CT molecular complexity index is 674. The first-order valence-corrected chi connectivity index (χ1v) is 6.28. The third kappa shape index (κ3) is 3.47. The second kappa shape index (κ2) is 6.21. The summed E-state index contributed by atoms with van der Waals surface area (Å²) in [5.74, 6) is -1.03. The third-order valence-electron chi connectivity index (χ3n) is 2.92. The van der Waals surface area contributed by atoms with Crippen LogP contribution in [0.2, 0.25) is 0 Å². The highest BCUT2D eigenvalue weighted by molar-refractivity contribution is 5.90. The van der Waals surface area contributed by atoms with E-state index in [0.717, 1.165) is 5.69 Å². The fraction of sp³-hybridized carbons (Fsp3) is 0.200. The molecule has 0 unspecified atom stereocenters. The van der Waals surface area contributed by atoms with E-state index in [1.165, 1.54) is 31.4 Å². The lowest BCUT2D eigenvalue weighted by Gasteiger charge is -2.10. The van der Waals surface area contributed by atoms with Gasteiger partial charge in [-0.15, -0.1) is 0 Å². The maximum atomic E-state index is 13.7. The second-order valence-corrected chi connectivity index (χ2v) is 4.46. The molecule has 0 amide bonds. The molecule has 0 atom stereocenters. The number of pyridine rings is 1. The zero-order chi connectivity index (χ0) is 15.4. The van der Waals surface area contributed by atoms with Crippen molar-refractivity contribution in [3.05, 3.63) is 53.1 Å². The van der Waals surface area contributed by atoms with Crippen molar-refractivity contribution in [1.82, 2.24) is 4.98 Å². The van der Waals surface area contributed by atoms with Crippen LogP contribution in [-0.2, 0) is 11.3 Å². The van der Waals surface area contributed by atoms with Gasteiger partial charge in [-0.05, 0) is 37.3 Å². The lowest BCUT2D eigenvalue weighted by Crippen LogP contribution is -2.07. The van der Waals surface area contributed by atoms with E-state index in [0.29, 0.717) is 5.69 Å². The summed E-state index contributed by atoms with van der Waals surface area (Å²) in [7, 11) is 1.26. The van der Waals surface area contributed by atoms with Crippen LogP contribution >= 0.6 is 0 Å². The van der Waals surface area contributed by atoms with Crippen LogP contribution < -0.4 is 5.32 Å². The van der Waals surface area contributed by atoms with Crippen molar-refractivity contribution in [3.63, 3.8) is 0 Å². The minimum absolute atomic E-state index is 0.0256. The van der Waals surface area contributed by atoms with Crippen LogP contribution in [0.4, 0.5) is 10.1 Å². The highest BCUT2D eigenvalue weighted by Gasteiger charge is 2.11. The number of carbonyl (C=O) groups excluding carboxylic acids is 1. The Kier molecular flexibility index (Phi) is 4.37. The molecule has 0 aliphatic rings. The minimum atomic E-state index is -0.547. The van der Waals surface area contributed by atoms with E-state index >= 15 is 0 Å². The van der Waals surface area contributed by atoms with Crippen LogP contribution in [0.1, 0.15) is 21.7 Å². The molecule has 0 saturated heterocycles. The lowest BCUT2D eigenvalue weighted by atomic mass is 10.2. The standard InChI is InChI=1S/C15H15FN2O3/c1-9-3-6-14(19)13(18-9)8-17-12-7-10(15(20)21-2)4-5-11(12)16/h3-7,17,19H,8H2,1-2H3. The van der Waals surface area contributed by atoms with Crippen molar-refractivity contribution in [2.45, 2.75) is 13.5 Å². The molecule has 0 fully saturated rings. The number of ether oxygens (including phenoxy) is 1. The molecule has 0 aliphatic heterocycles. The number of benzene rings is 1. The molecule has 0 spiro atoms. The molecule has 0 saturated carbocycles. The second-order valence-electron chi connectivity index (χ2n) is 4.46. The minimum Gasteiger partial charge on any atom is -0.506 e. The van der Waals surface area contributed by atoms with E-state index in [1.807, 2.05) is 0 Å². The number of rotatable bonds is 4. The van der Waals surface area contributed by atoms with Crippen molar-refractivity contribution < 1.29 is 19.0 Å². The molecule has 21 heavy (non-hydrogen) atoms. The smallest absolute Gasteiger partial charge is 0.337 e. The number of nitrogens with one attached hydrogen (secondary N) is 1. The van der Waals surface area contributed by atoms with Gasteiger partial charge in [0.15, 0.2) is 0 Å². The Morgan fingerprint density at radius 2 is 2.14 bits per heavy atom. The summed E-state index contributed by atoms with van der Waals surface area (Å²) < 4.78 is 18.3. The Morgan fingerprint density at radius 1 is 1.38 bits per heavy atom. The van der Waals surface area contributed by atoms with Gasteiger partial charge in [-0.25, -0.2) is 9.18 Å². The lowest BCUT2D eigenvalue weighted by molar-refractivity contribution is 0.0600. The van der Waals surface area contributed by atoms with E-state index in [9.17, 15) is 14.3 Å². The Hall–Kier alpha value is -2.63. The van der Waals surface area contributed by atoms with Gasteiger partial charge in [0.05, 0.1) is 24.9 Å². The first-order chi connectivity index (χ1) is 10.0. The van der Waals surface area contributed by atoms with Crippen molar-refractivity contribution in [3.8, 4) is 5.75 Å². The summed E-state index contributed by atoms with van der Waals surface area (Å²) in [6.45, 7) is 1.93. The van der Waals surface area contributed by atoms with Crippen LogP contribution in [-0.4, -0.2) is 23.2 Å². The zero-order valence-electron chi connectivity index (χ0n) is 11.7. The molecule has 2 aromatic rings. The summed E-state index contributed by atoms with van der Waals surface area (Å²) in [5, 5.41) is 12.5. The van der Waals surface area contributed by atoms with E-state index in [-0.39, 0.29) is 23.5 Å². The summed E-state index contributed by atoms with van der Waals surface area (Å²) in [6, 6.07) is 7.08. The van der Waals surface area contributed by atoms with E-state index in [2.05, 4.69) is 15.0 Å². The number of aromatic nitrogens is 1. The average molecular weight is 290 g/mol. The largest absolute Gasteiger partial charge is 0.506 e. The number of hydrogen-bond donors (Lipinski definition) is 2. The van der Waals surface area contributed by atoms with Gasteiger partial charge in [0.1, 0.15) is 17.3 Å². The highest BCUT2D eigenvalue weighted by Crippen LogP contribution is 2.20. The van der Waals surface area contributed by atoms with Crippen LogP contribution in [0.25, 0.3) is 0 Å². The molecule has 2 N–H and O–H groups in total. The third-order valence-corrected chi connectivity index (χ3v) is 2.92. The van der Waals surface area contributed by atoms with E-state index < -0.39 is 11.8 Å². The normalized spacial score (nSPS) is 10.2. The van der Waals surface area contributed by atoms with E-state index in [4.69, 9.17) is 0 Å². The number of methoxy groups -OCH3 is 1. The summed E-state index contributed by atoms with van der Waals surface area (Å²) in [5.41, 5.74) is 1.52. The Labute approximate surface area is 121 Å². The zero-order valence-corrected chi connectivity index (χ0v) is 11.7. The van der Waals surface area contributed by atoms with Crippen molar-refractivity contribution in [2.75, 3.05) is 12.4 Å². The fourth-order valence-corrected chi connectivity index (χ4v) is 1.82. The van der Waals surface area contributed by atoms with Crippen molar-refractivity contribution in [2.24, 2.45) is 0 Å². The molecule has 0 bridgehead atoms. The molecule has 5 nitrogen and oxygen atoms in total. The van der Waals surface area contributed by atoms with Crippen LogP contribution in [0.3, 0.4) is 0 Å². The van der Waals surface area contributed by atoms with Gasteiger partial charge in [0.2, 0.25) is 0 Å². The average Bonchev–Trinajstić information content (AvgIpc) is 2.48. The fourth-order valence-electron chi connectivity index (χ4n) is 1.82. The molecule has 6 heteroatoms. The molecule has 1 aromatic carbocycles. The number of hydrogen-bond acceptors (Lipinski definition) is 5. The number of halogens is 1. The quantitative estimate of drug-likeness (QED) is 0.847. The SMILES string of the molecule is COC(=O)c1ccc(F)c(NCc2nc(C)ccc2O)c1. The van der Waals surface area contributed by atoms with Gasteiger partial charge >= 0.3 is 5.97 Å². The molecule has 0 radical (unpaired) electrons. The van der Waals surface area contributed by atoms with Gasteiger partial charge in [0, 0.05) is 5.69 Å². The highest BCUT2D eigenvalue weighted by atomic mass is 19.1. The monoisotopic (exact) mass is 290 g/mol. The molecule has 2 rings (SSSR count). The van der Waals surface area contributed by atoms with Crippen molar-refractivity contribution >= 4 is 11.7 Å². The number of anilines is 1. The topological polar surface area (TPSA) is 71.5 Å². The van der Waals surface area contributed by atoms with Crippen LogP contribution in [0.5, 0.6) is 5.75 Å². The van der Waals surface area contributed by atoms with E-state index in [1.54, 1.807) is 13.0 Å². The van der Waals surface area contributed by atoms with Gasteiger partial charge in [-0.2, -0.15) is 0 Å². The number of carbonyl (C=O) groups is 1. The van der Waals surface area contributed by atoms with Gasteiger partial charge in [-0.3, -0.25) is 4.98 Å². The van der Waals surface area contributed by atoms with Crippen molar-refractivity contribution in [1.29, 1.82) is 0 Å². The molecular formula is C15H15FN2O3. The summed E-state index contributed by atoms with van der Waals surface area (Å²) in [4.78, 5) is 15.6. The Balaban J connectivity index is 2.19. The number of nitrogens with zero attached hydrogens (tertiary/aromatic N) is 1. The van der Waals surface area contributed by atoms with Crippen LogP contribution in [0, 0.1) is 12.7 Å². The summed E-state index contributed by atoms with van der Waals surface area (Å²) >= 11 is 0. The van der Waals surface area contributed by atoms with Gasteiger partial charge in [0.25, 0.3) is 0 Å². The summed E-state index contributed by atoms with van der Waals surface area (Å²) in [6.07, 6.45) is 0. The van der Waals surface area contributed by atoms with Gasteiger partial charge in [-0.1, -0.05) is 0 Å². The number of esters is 1.